The number of anilines is 1. The van der Waals surface area contributed by atoms with E-state index in [2.05, 4.69) is 10.3 Å². The second-order valence-electron chi connectivity index (χ2n) is 5.24. The number of aryl methyl sites for hydroxylation is 2. The topological polar surface area (TPSA) is 75.4 Å². The smallest absolute Gasteiger partial charge is 0.236 e. The number of rotatable bonds is 4. The molecule has 0 unspecified atom stereocenters. The molecular weight excluding hydrogens is 312 g/mol. The zero-order valence-corrected chi connectivity index (χ0v) is 13.6. The largest absolute Gasteiger partial charge is 0.506 e. The number of nitrogens with one attached hydrogen (secondary N) is 1. The molecule has 0 aliphatic carbocycles. The summed E-state index contributed by atoms with van der Waals surface area (Å²) in [7, 11) is 0. The lowest BCUT2D eigenvalue weighted by molar-refractivity contribution is -0.115. The van der Waals surface area contributed by atoms with Crippen LogP contribution in [0, 0.1) is 13.8 Å². The molecule has 0 fully saturated rings. The van der Waals surface area contributed by atoms with Gasteiger partial charge in [-0.2, -0.15) is 0 Å². The van der Waals surface area contributed by atoms with Gasteiger partial charge in [0.2, 0.25) is 11.8 Å². The highest BCUT2D eigenvalue weighted by Gasteiger charge is 2.16. The lowest BCUT2D eigenvalue weighted by atomic mass is 10.2. The molecular formula is C17H16N2O3S. The molecule has 5 nitrogen and oxygen atoms in total. The third-order valence-corrected chi connectivity index (χ3v) is 4.24. The molecule has 2 N–H and O–H groups in total. The van der Waals surface area contributed by atoms with Crippen molar-refractivity contribution in [1.29, 1.82) is 0 Å². The van der Waals surface area contributed by atoms with Crippen molar-refractivity contribution in [3.05, 3.63) is 52.7 Å². The number of hydrogen-bond donors (Lipinski definition) is 2. The molecule has 0 saturated carbocycles. The molecule has 1 aromatic carbocycles. The summed E-state index contributed by atoms with van der Waals surface area (Å²) in [4.78, 5) is 17.5. The van der Waals surface area contributed by atoms with Crippen LogP contribution in [0.3, 0.4) is 0 Å². The van der Waals surface area contributed by atoms with Gasteiger partial charge in [0, 0.05) is 0 Å². The number of carbonyl (C=O) groups is 1. The Bertz CT molecular complexity index is 838. The summed E-state index contributed by atoms with van der Waals surface area (Å²) in [5, 5.41) is 14.5. The van der Waals surface area contributed by atoms with Crippen molar-refractivity contribution >= 4 is 22.9 Å². The molecule has 1 amide bonds. The number of hydrogen-bond acceptors (Lipinski definition) is 5. The average molecular weight is 328 g/mol. The normalized spacial score (nSPS) is 10.7. The Kier molecular flexibility index (Phi) is 4.16. The van der Waals surface area contributed by atoms with E-state index in [1.165, 1.54) is 11.3 Å². The number of phenolic OH excluding ortho intramolecular Hbond substituents is 1. The highest BCUT2D eigenvalue weighted by Crippen LogP contribution is 2.27. The van der Waals surface area contributed by atoms with E-state index >= 15 is 0 Å². The fourth-order valence-corrected chi connectivity index (χ4v) is 2.84. The number of benzene rings is 1. The van der Waals surface area contributed by atoms with Gasteiger partial charge in [-0.05, 0) is 43.0 Å². The van der Waals surface area contributed by atoms with Gasteiger partial charge in [0.25, 0.3) is 0 Å². The Morgan fingerprint density at radius 1 is 1.35 bits per heavy atom. The maximum Gasteiger partial charge on any atom is 0.236 e. The Morgan fingerprint density at radius 2 is 2.17 bits per heavy atom. The molecule has 0 spiro atoms. The molecule has 3 rings (SSSR count). The number of carbonyl (C=O) groups excluding carboxylic acids is 1. The monoisotopic (exact) mass is 328 g/mol. The standard InChI is InChI=1S/C17H16N2O3S/c1-10-5-6-12(14(20)8-10)18-16(21)9-13-11(2)22-17(19-13)15-4-3-7-23-15/h3-8,20H,9H2,1-2H3,(H,18,21). The molecule has 0 atom stereocenters. The summed E-state index contributed by atoms with van der Waals surface area (Å²) >= 11 is 1.53. The van der Waals surface area contributed by atoms with Crippen LogP contribution in [-0.4, -0.2) is 16.0 Å². The van der Waals surface area contributed by atoms with Crippen LogP contribution in [0.4, 0.5) is 5.69 Å². The molecule has 0 bridgehead atoms. The second kappa shape index (κ2) is 6.26. The van der Waals surface area contributed by atoms with Crippen LogP contribution in [0.2, 0.25) is 0 Å². The third kappa shape index (κ3) is 3.43. The maximum atomic E-state index is 12.2. The molecule has 0 saturated heterocycles. The average Bonchev–Trinajstić information content (AvgIpc) is 3.13. The van der Waals surface area contributed by atoms with E-state index in [0.717, 1.165) is 10.4 Å². The van der Waals surface area contributed by atoms with Gasteiger partial charge in [0.1, 0.15) is 11.5 Å². The summed E-state index contributed by atoms with van der Waals surface area (Å²) in [5.74, 6) is 0.947. The number of aromatic hydroxyl groups is 1. The van der Waals surface area contributed by atoms with Gasteiger partial charge in [-0.15, -0.1) is 11.3 Å². The summed E-state index contributed by atoms with van der Waals surface area (Å²) in [6.45, 7) is 3.66. The van der Waals surface area contributed by atoms with Crippen LogP contribution in [0.15, 0.2) is 40.1 Å². The molecule has 118 valence electrons. The van der Waals surface area contributed by atoms with Crippen LogP contribution in [-0.2, 0) is 11.2 Å². The zero-order chi connectivity index (χ0) is 16.4. The van der Waals surface area contributed by atoms with Crippen molar-refractivity contribution in [2.75, 3.05) is 5.32 Å². The predicted octanol–water partition coefficient (Wildman–Crippen LogP) is 3.91. The first-order valence-corrected chi connectivity index (χ1v) is 8.00. The fourth-order valence-electron chi connectivity index (χ4n) is 2.19. The lowest BCUT2D eigenvalue weighted by Gasteiger charge is -2.07. The number of phenols is 1. The van der Waals surface area contributed by atoms with Crippen LogP contribution in [0.1, 0.15) is 17.0 Å². The van der Waals surface area contributed by atoms with Crippen molar-refractivity contribution in [2.45, 2.75) is 20.3 Å². The minimum atomic E-state index is -0.252. The first kappa shape index (κ1) is 15.3. The van der Waals surface area contributed by atoms with Crippen molar-refractivity contribution in [3.8, 4) is 16.5 Å². The number of thiophene rings is 1. The van der Waals surface area contributed by atoms with E-state index in [1.54, 1.807) is 19.1 Å². The molecule has 0 radical (unpaired) electrons. The van der Waals surface area contributed by atoms with E-state index in [1.807, 2.05) is 30.5 Å². The summed E-state index contributed by atoms with van der Waals surface area (Å²) in [5.41, 5.74) is 1.91. The van der Waals surface area contributed by atoms with E-state index in [0.29, 0.717) is 23.0 Å². The Balaban J connectivity index is 1.73. The van der Waals surface area contributed by atoms with E-state index in [-0.39, 0.29) is 18.1 Å². The van der Waals surface area contributed by atoms with Crippen molar-refractivity contribution < 1.29 is 14.3 Å². The van der Waals surface area contributed by atoms with Gasteiger partial charge in [-0.25, -0.2) is 4.98 Å². The van der Waals surface area contributed by atoms with Gasteiger partial charge in [-0.1, -0.05) is 12.1 Å². The number of aromatic nitrogens is 1. The molecule has 23 heavy (non-hydrogen) atoms. The van der Waals surface area contributed by atoms with E-state index < -0.39 is 0 Å². The molecule has 0 aliphatic heterocycles. The van der Waals surface area contributed by atoms with Crippen LogP contribution >= 0.6 is 11.3 Å². The van der Waals surface area contributed by atoms with Crippen LogP contribution in [0.25, 0.3) is 10.8 Å². The highest BCUT2D eigenvalue weighted by atomic mass is 32.1. The van der Waals surface area contributed by atoms with E-state index in [9.17, 15) is 9.90 Å². The van der Waals surface area contributed by atoms with Gasteiger partial charge in [0.15, 0.2) is 0 Å². The summed E-state index contributed by atoms with van der Waals surface area (Å²) in [6, 6.07) is 8.95. The number of oxazole rings is 1. The molecule has 2 heterocycles. The van der Waals surface area contributed by atoms with Gasteiger partial charge < -0.3 is 14.8 Å². The van der Waals surface area contributed by atoms with Crippen LogP contribution in [0.5, 0.6) is 5.75 Å². The highest BCUT2D eigenvalue weighted by molar-refractivity contribution is 7.13. The second-order valence-corrected chi connectivity index (χ2v) is 6.19. The minimum Gasteiger partial charge on any atom is -0.506 e. The quantitative estimate of drug-likeness (QED) is 0.712. The first-order valence-electron chi connectivity index (χ1n) is 7.12. The summed E-state index contributed by atoms with van der Waals surface area (Å²) < 4.78 is 5.62. The zero-order valence-electron chi connectivity index (χ0n) is 12.8. The Labute approximate surface area is 137 Å². The number of amides is 1. The molecule has 2 aromatic heterocycles. The van der Waals surface area contributed by atoms with Crippen molar-refractivity contribution in [1.82, 2.24) is 4.98 Å². The van der Waals surface area contributed by atoms with Gasteiger partial charge in [-0.3, -0.25) is 4.79 Å². The third-order valence-electron chi connectivity index (χ3n) is 3.38. The Morgan fingerprint density at radius 3 is 2.87 bits per heavy atom. The SMILES string of the molecule is Cc1ccc(NC(=O)Cc2nc(-c3cccs3)oc2C)c(O)c1. The molecule has 0 aliphatic rings. The van der Waals surface area contributed by atoms with Crippen LogP contribution < -0.4 is 5.32 Å². The number of nitrogens with zero attached hydrogens (tertiary/aromatic N) is 1. The lowest BCUT2D eigenvalue weighted by Crippen LogP contribution is -2.15. The minimum absolute atomic E-state index is 0.0505. The summed E-state index contributed by atoms with van der Waals surface area (Å²) in [6.07, 6.45) is 0.0913. The van der Waals surface area contributed by atoms with Crippen molar-refractivity contribution in [2.24, 2.45) is 0 Å². The van der Waals surface area contributed by atoms with E-state index in [4.69, 9.17) is 4.42 Å². The predicted molar refractivity (Wildman–Crippen MR) is 89.7 cm³/mol. The maximum absolute atomic E-state index is 12.2. The van der Waals surface area contributed by atoms with Crippen molar-refractivity contribution in [3.63, 3.8) is 0 Å². The first-order chi connectivity index (χ1) is 11.0. The Hall–Kier alpha value is -2.60. The fraction of sp³-hybridized carbons (Fsp3) is 0.176. The van der Waals surface area contributed by atoms with Gasteiger partial charge in [0.05, 0.1) is 22.7 Å². The van der Waals surface area contributed by atoms with Gasteiger partial charge >= 0.3 is 0 Å². The molecule has 3 aromatic rings. The molecule has 6 heteroatoms.